The molecule has 1 saturated carbocycles. The lowest BCUT2D eigenvalue weighted by atomic mass is 9.87. The predicted molar refractivity (Wildman–Crippen MR) is 118 cm³/mol. The zero-order valence-corrected chi connectivity index (χ0v) is 18.8. The van der Waals surface area contributed by atoms with Crippen molar-refractivity contribution in [3.05, 3.63) is 47.7 Å². The normalized spacial score (nSPS) is 19.4. The van der Waals surface area contributed by atoms with Crippen molar-refractivity contribution in [1.29, 1.82) is 0 Å². The lowest BCUT2D eigenvalue weighted by Crippen LogP contribution is -2.22. The van der Waals surface area contributed by atoms with Crippen molar-refractivity contribution in [1.82, 2.24) is 19.7 Å². The van der Waals surface area contributed by atoms with Crippen molar-refractivity contribution >= 4 is 22.5 Å². The zero-order valence-electron chi connectivity index (χ0n) is 18.8. The third-order valence-electron chi connectivity index (χ3n) is 6.16. The van der Waals surface area contributed by atoms with Crippen LogP contribution in [-0.4, -0.2) is 42.5 Å². The van der Waals surface area contributed by atoms with Crippen LogP contribution < -0.4 is 5.32 Å². The molecule has 1 amide bonds. The molecule has 0 saturated heterocycles. The summed E-state index contributed by atoms with van der Waals surface area (Å²) in [5.74, 6) is -1.95. The second-order valence-corrected chi connectivity index (χ2v) is 9.20. The summed E-state index contributed by atoms with van der Waals surface area (Å²) < 4.78 is 40.7. The summed E-state index contributed by atoms with van der Waals surface area (Å²) >= 11 is 0. The highest BCUT2D eigenvalue weighted by molar-refractivity contribution is 6.04. The van der Waals surface area contributed by atoms with Crippen LogP contribution in [0, 0.1) is 5.92 Å². The van der Waals surface area contributed by atoms with Gasteiger partial charge in [-0.1, -0.05) is 0 Å². The molecule has 4 rings (SSSR count). The summed E-state index contributed by atoms with van der Waals surface area (Å²) in [4.78, 5) is 19.2. The summed E-state index contributed by atoms with van der Waals surface area (Å²) in [6.07, 6.45) is 1.54. The van der Waals surface area contributed by atoms with E-state index in [1.165, 1.54) is 0 Å². The number of nitrogens with one attached hydrogen (secondary N) is 1. The first-order valence-electron chi connectivity index (χ1n) is 11.0. The fraction of sp³-hybridized carbons (Fsp3) is 0.478. The molecule has 0 aliphatic heterocycles. The van der Waals surface area contributed by atoms with Gasteiger partial charge in [0.2, 0.25) is 5.82 Å². The summed E-state index contributed by atoms with van der Waals surface area (Å²) in [5, 5.41) is 28.0. The Morgan fingerprint density at radius 1 is 1.21 bits per heavy atom. The van der Waals surface area contributed by atoms with Gasteiger partial charge in [0.05, 0.1) is 17.2 Å². The number of nitrogens with zero attached hydrogens (tertiary/aromatic N) is 4. The Balaban J connectivity index is 1.66. The number of carbonyl (C=O) groups excluding carboxylic acids is 1. The van der Waals surface area contributed by atoms with Gasteiger partial charge in [-0.15, -0.1) is 0 Å². The van der Waals surface area contributed by atoms with Crippen LogP contribution in [0.5, 0.6) is 0 Å². The van der Waals surface area contributed by atoms with E-state index in [9.17, 15) is 28.2 Å². The fourth-order valence-electron chi connectivity index (χ4n) is 4.29. The highest BCUT2D eigenvalue weighted by Crippen LogP contribution is 2.35. The number of fused-ring (bicyclic) bond motifs is 1. The summed E-state index contributed by atoms with van der Waals surface area (Å²) in [6, 6.07) is 4.59. The van der Waals surface area contributed by atoms with E-state index in [1.807, 2.05) is 10.9 Å². The van der Waals surface area contributed by atoms with Crippen LogP contribution >= 0.6 is 0 Å². The van der Waals surface area contributed by atoms with Crippen LogP contribution in [-0.2, 0) is 11.8 Å². The molecule has 0 atom stereocenters. The number of aliphatic hydroxyl groups is 2. The Labute approximate surface area is 193 Å². The van der Waals surface area contributed by atoms with E-state index in [2.05, 4.69) is 20.4 Å². The van der Waals surface area contributed by atoms with E-state index >= 15 is 0 Å². The number of halogens is 3. The van der Waals surface area contributed by atoms with Gasteiger partial charge in [-0.2, -0.15) is 18.3 Å². The summed E-state index contributed by atoms with van der Waals surface area (Å²) in [7, 11) is 0. The molecule has 1 aliphatic rings. The Morgan fingerprint density at radius 3 is 2.53 bits per heavy atom. The van der Waals surface area contributed by atoms with E-state index < -0.39 is 29.2 Å². The number of carbonyl (C=O) groups is 1. The average Bonchev–Trinajstić information content (AvgIpc) is 3.20. The first kappa shape index (κ1) is 24.1. The molecule has 1 fully saturated rings. The third-order valence-corrected chi connectivity index (χ3v) is 6.16. The van der Waals surface area contributed by atoms with Gasteiger partial charge in [-0.3, -0.25) is 9.48 Å². The number of hydrogen-bond donors (Lipinski definition) is 3. The van der Waals surface area contributed by atoms with Gasteiger partial charge in [-0.05, 0) is 63.6 Å². The van der Waals surface area contributed by atoms with Crippen molar-refractivity contribution < 1.29 is 28.2 Å². The summed E-state index contributed by atoms with van der Waals surface area (Å²) in [5.41, 5.74) is -0.558. The smallest absolute Gasteiger partial charge is 0.396 e. The molecule has 1 aliphatic carbocycles. The molecular weight excluding hydrogens is 451 g/mol. The van der Waals surface area contributed by atoms with E-state index in [0.29, 0.717) is 22.4 Å². The molecule has 0 unspecified atom stereocenters. The third kappa shape index (κ3) is 5.05. The zero-order chi connectivity index (χ0) is 24.7. The molecule has 0 bridgehead atoms. The number of hydrogen-bond acceptors (Lipinski definition) is 6. The first-order valence-corrected chi connectivity index (χ1v) is 11.0. The quantitative estimate of drug-likeness (QED) is 0.511. The number of aromatic nitrogens is 4. The van der Waals surface area contributed by atoms with Gasteiger partial charge in [0.25, 0.3) is 5.91 Å². The maximum atomic E-state index is 12.9. The molecule has 2 heterocycles. The number of amides is 1. The molecule has 0 spiro atoms. The Morgan fingerprint density at radius 2 is 1.91 bits per heavy atom. The molecular formula is C23H26F3N5O3. The van der Waals surface area contributed by atoms with Gasteiger partial charge >= 0.3 is 6.18 Å². The lowest BCUT2D eigenvalue weighted by Gasteiger charge is -2.27. The van der Waals surface area contributed by atoms with Crippen molar-refractivity contribution in [2.75, 3.05) is 11.9 Å². The molecule has 2 aromatic heterocycles. The van der Waals surface area contributed by atoms with Crippen LogP contribution in [0.3, 0.4) is 0 Å². The van der Waals surface area contributed by atoms with Crippen molar-refractivity contribution in [3.63, 3.8) is 0 Å². The minimum atomic E-state index is -4.78. The van der Waals surface area contributed by atoms with E-state index in [1.54, 1.807) is 26.0 Å². The van der Waals surface area contributed by atoms with Crippen LogP contribution in [0.15, 0.2) is 30.6 Å². The fourth-order valence-corrected chi connectivity index (χ4v) is 4.29. The topological polar surface area (TPSA) is 113 Å². The van der Waals surface area contributed by atoms with Gasteiger partial charge in [0, 0.05) is 35.6 Å². The molecule has 0 radical (unpaired) electrons. The minimum Gasteiger partial charge on any atom is -0.396 e. The molecule has 8 nitrogen and oxygen atoms in total. The van der Waals surface area contributed by atoms with Gasteiger partial charge in [0.15, 0.2) is 0 Å². The standard InChI is InChI=1S/C23H26F3N5O3/c1-22(2,34)16-10-18-14(11-31(30-18)15-5-3-13(12-32)4-6-15)9-19(16)28-20(33)17-7-8-27-21(29-17)23(24,25)26/h7-11,13,15,32,34H,3-6,12H2,1-2H3,(H,28,33)/t13-,15-. The largest absolute Gasteiger partial charge is 0.451 e. The summed E-state index contributed by atoms with van der Waals surface area (Å²) in [6.45, 7) is 3.27. The van der Waals surface area contributed by atoms with Gasteiger partial charge in [-0.25, -0.2) is 9.97 Å². The Kier molecular flexibility index (Phi) is 6.34. The number of aliphatic hydroxyl groups excluding tert-OH is 1. The van der Waals surface area contributed by atoms with Gasteiger partial charge < -0.3 is 15.5 Å². The molecule has 11 heteroatoms. The van der Waals surface area contributed by atoms with Crippen LogP contribution in [0.4, 0.5) is 18.9 Å². The monoisotopic (exact) mass is 477 g/mol. The van der Waals surface area contributed by atoms with Crippen LogP contribution in [0.1, 0.15) is 67.4 Å². The Bertz CT molecular complexity index is 1190. The number of alkyl halides is 3. The van der Waals surface area contributed by atoms with E-state index in [-0.39, 0.29) is 18.3 Å². The molecule has 3 aromatic rings. The number of anilines is 1. The van der Waals surface area contributed by atoms with Crippen LogP contribution in [0.25, 0.3) is 10.9 Å². The van der Waals surface area contributed by atoms with Crippen molar-refractivity contribution in [2.24, 2.45) is 5.92 Å². The number of benzene rings is 1. The Hall–Kier alpha value is -3.05. The van der Waals surface area contributed by atoms with Gasteiger partial charge in [0.1, 0.15) is 5.69 Å². The van der Waals surface area contributed by atoms with Crippen molar-refractivity contribution in [2.45, 2.75) is 57.3 Å². The number of rotatable bonds is 5. The lowest BCUT2D eigenvalue weighted by molar-refractivity contribution is -0.145. The first-order chi connectivity index (χ1) is 16.0. The molecule has 1 aromatic carbocycles. The molecule has 182 valence electrons. The molecule has 34 heavy (non-hydrogen) atoms. The van der Waals surface area contributed by atoms with Crippen molar-refractivity contribution in [3.8, 4) is 0 Å². The molecule has 3 N–H and O–H groups in total. The maximum absolute atomic E-state index is 12.9. The highest BCUT2D eigenvalue weighted by Gasteiger charge is 2.35. The minimum absolute atomic E-state index is 0.181. The van der Waals surface area contributed by atoms with E-state index in [4.69, 9.17) is 0 Å². The van der Waals surface area contributed by atoms with Crippen LogP contribution in [0.2, 0.25) is 0 Å². The highest BCUT2D eigenvalue weighted by atomic mass is 19.4. The SMILES string of the molecule is CC(C)(O)c1cc2nn([C@H]3CC[C@H](CO)CC3)cc2cc1NC(=O)c1ccnc(C(F)(F)F)n1. The second kappa shape index (κ2) is 8.95. The predicted octanol–water partition coefficient (Wildman–Crippen LogP) is 4.05. The maximum Gasteiger partial charge on any atom is 0.451 e. The second-order valence-electron chi connectivity index (χ2n) is 9.20. The average molecular weight is 477 g/mol. The van der Waals surface area contributed by atoms with E-state index in [0.717, 1.165) is 37.9 Å².